The van der Waals surface area contributed by atoms with E-state index in [9.17, 15) is 14.4 Å². The number of hydrogen-bond acceptors (Lipinski definition) is 6. The summed E-state index contributed by atoms with van der Waals surface area (Å²) in [5, 5.41) is 8.80. The second-order valence-corrected chi connectivity index (χ2v) is 8.87. The highest BCUT2D eigenvalue weighted by Crippen LogP contribution is 2.31. The number of hydrogen-bond donors (Lipinski definition) is 1. The van der Waals surface area contributed by atoms with Crippen LogP contribution >= 0.6 is 0 Å². The molecule has 1 aromatic carbocycles. The maximum Gasteiger partial charge on any atom is 0.417 e. The van der Waals surface area contributed by atoms with Crippen molar-refractivity contribution in [1.82, 2.24) is 4.90 Å². The van der Waals surface area contributed by atoms with E-state index in [-0.39, 0.29) is 19.0 Å². The van der Waals surface area contributed by atoms with Gasteiger partial charge in [-0.05, 0) is 50.0 Å². The van der Waals surface area contributed by atoms with Crippen LogP contribution in [-0.4, -0.2) is 47.1 Å². The SMILES string of the molecule is C[C@@H](C(=O)N1C(=O)OC[C@H]1c1ccccc1)[C@H]1OC(=CCCCCCCCCCO)C=CC1=O. The molecule has 3 atom stereocenters. The number of amides is 2. The third-order valence-corrected chi connectivity index (χ3v) is 6.30. The van der Waals surface area contributed by atoms with Gasteiger partial charge in [-0.1, -0.05) is 62.4 Å². The number of rotatable bonds is 12. The lowest BCUT2D eigenvalue weighted by Gasteiger charge is -2.29. The van der Waals surface area contributed by atoms with Gasteiger partial charge in [0.05, 0.1) is 5.92 Å². The fraction of sp³-hybridized carbons (Fsp3) is 0.519. The van der Waals surface area contributed by atoms with Crippen LogP contribution < -0.4 is 0 Å². The number of carbonyl (C=O) groups excluding carboxylic acids is 3. The Labute approximate surface area is 201 Å². The summed E-state index contributed by atoms with van der Waals surface area (Å²) in [6.07, 6.45) is 11.8. The first kappa shape index (κ1) is 25.7. The van der Waals surface area contributed by atoms with Crippen molar-refractivity contribution in [3.63, 3.8) is 0 Å². The first-order valence-electron chi connectivity index (χ1n) is 12.3. The summed E-state index contributed by atoms with van der Waals surface area (Å²) in [4.78, 5) is 39.2. The quantitative estimate of drug-likeness (QED) is 0.439. The van der Waals surface area contributed by atoms with Crippen LogP contribution in [0.4, 0.5) is 4.79 Å². The third kappa shape index (κ3) is 6.79. The third-order valence-electron chi connectivity index (χ3n) is 6.30. The lowest BCUT2D eigenvalue weighted by Crippen LogP contribution is -2.45. The Balaban J connectivity index is 1.54. The molecule has 1 saturated heterocycles. The lowest BCUT2D eigenvalue weighted by molar-refractivity contribution is -0.142. The number of unbranched alkanes of at least 4 members (excludes halogenated alkanes) is 7. The predicted octanol–water partition coefficient (Wildman–Crippen LogP) is 4.86. The zero-order chi connectivity index (χ0) is 24.3. The molecular weight excluding hydrogens is 434 g/mol. The van der Waals surface area contributed by atoms with Crippen LogP contribution in [0.1, 0.15) is 69.9 Å². The number of imide groups is 1. The van der Waals surface area contributed by atoms with Crippen LogP contribution in [0.25, 0.3) is 0 Å². The fourth-order valence-corrected chi connectivity index (χ4v) is 4.29. The Hall–Kier alpha value is -2.93. The van der Waals surface area contributed by atoms with E-state index in [1.165, 1.54) is 12.5 Å². The maximum absolute atomic E-state index is 13.3. The van der Waals surface area contributed by atoms with Crippen molar-refractivity contribution in [2.45, 2.75) is 70.4 Å². The average molecular weight is 470 g/mol. The molecular formula is C27H35NO6. The molecule has 2 aliphatic heterocycles. The first-order valence-corrected chi connectivity index (χ1v) is 12.3. The highest BCUT2D eigenvalue weighted by molar-refractivity contribution is 6.01. The second kappa shape index (κ2) is 13.1. The van der Waals surface area contributed by atoms with Gasteiger partial charge in [-0.3, -0.25) is 9.59 Å². The Kier molecular flexibility index (Phi) is 9.89. The maximum atomic E-state index is 13.3. The minimum atomic E-state index is -0.972. The summed E-state index contributed by atoms with van der Waals surface area (Å²) >= 11 is 0. The zero-order valence-electron chi connectivity index (χ0n) is 19.9. The van der Waals surface area contributed by atoms with Crippen LogP contribution in [0.5, 0.6) is 0 Å². The monoisotopic (exact) mass is 469 g/mol. The molecule has 0 aromatic heterocycles. The van der Waals surface area contributed by atoms with E-state index in [0.717, 1.165) is 55.4 Å². The number of cyclic esters (lactones) is 1. The Bertz CT molecular complexity index is 894. The topological polar surface area (TPSA) is 93.1 Å². The van der Waals surface area contributed by atoms with Gasteiger partial charge in [0.2, 0.25) is 5.91 Å². The van der Waals surface area contributed by atoms with E-state index in [4.69, 9.17) is 14.6 Å². The van der Waals surface area contributed by atoms with Crippen molar-refractivity contribution in [3.8, 4) is 0 Å². The minimum absolute atomic E-state index is 0.0905. The molecule has 0 aliphatic carbocycles. The largest absolute Gasteiger partial charge is 0.482 e. The van der Waals surface area contributed by atoms with Crippen molar-refractivity contribution < 1.29 is 29.0 Å². The molecule has 0 radical (unpaired) electrons. The molecule has 0 spiro atoms. The van der Waals surface area contributed by atoms with Gasteiger partial charge in [-0.2, -0.15) is 0 Å². The Morgan fingerprint density at radius 3 is 2.44 bits per heavy atom. The molecule has 3 rings (SSSR count). The molecule has 1 fully saturated rings. The van der Waals surface area contributed by atoms with Crippen LogP contribution in [0.15, 0.2) is 54.3 Å². The molecule has 1 N–H and O–H groups in total. The van der Waals surface area contributed by atoms with E-state index in [1.807, 2.05) is 36.4 Å². The molecule has 184 valence electrons. The summed E-state index contributed by atoms with van der Waals surface area (Å²) in [7, 11) is 0. The molecule has 2 heterocycles. The van der Waals surface area contributed by atoms with Gasteiger partial charge < -0.3 is 14.6 Å². The summed E-state index contributed by atoms with van der Waals surface area (Å²) in [5.41, 5.74) is 0.804. The van der Waals surface area contributed by atoms with Crippen molar-refractivity contribution in [2.24, 2.45) is 5.92 Å². The van der Waals surface area contributed by atoms with Crippen molar-refractivity contribution >= 4 is 17.8 Å². The number of carbonyl (C=O) groups is 3. The summed E-state index contributed by atoms with van der Waals surface area (Å²) in [6.45, 7) is 1.98. The fourth-order valence-electron chi connectivity index (χ4n) is 4.29. The number of aliphatic hydroxyl groups excluding tert-OH is 1. The van der Waals surface area contributed by atoms with Gasteiger partial charge in [-0.25, -0.2) is 9.69 Å². The average Bonchev–Trinajstić information content (AvgIpc) is 3.24. The minimum Gasteiger partial charge on any atom is -0.482 e. The molecule has 0 saturated carbocycles. The lowest BCUT2D eigenvalue weighted by atomic mass is 9.95. The van der Waals surface area contributed by atoms with E-state index in [2.05, 4.69) is 0 Å². The Morgan fingerprint density at radius 2 is 1.74 bits per heavy atom. The Morgan fingerprint density at radius 1 is 1.06 bits per heavy atom. The van der Waals surface area contributed by atoms with E-state index >= 15 is 0 Å². The number of nitrogens with zero attached hydrogens (tertiary/aromatic N) is 1. The van der Waals surface area contributed by atoms with Crippen LogP contribution in [0.3, 0.4) is 0 Å². The van der Waals surface area contributed by atoms with Gasteiger partial charge in [-0.15, -0.1) is 0 Å². The van der Waals surface area contributed by atoms with Gasteiger partial charge in [0.15, 0.2) is 11.9 Å². The number of allylic oxidation sites excluding steroid dienone is 2. The first-order chi connectivity index (χ1) is 16.5. The van der Waals surface area contributed by atoms with Crippen molar-refractivity contribution in [3.05, 3.63) is 59.9 Å². The molecule has 2 aliphatic rings. The molecule has 2 amide bonds. The molecule has 7 heteroatoms. The number of benzene rings is 1. The molecule has 0 bridgehead atoms. The van der Waals surface area contributed by atoms with Gasteiger partial charge in [0.25, 0.3) is 0 Å². The second-order valence-electron chi connectivity index (χ2n) is 8.87. The molecule has 1 aromatic rings. The van der Waals surface area contributed by atoms with Gasteiger partial charge in [0.1, 0.15) is 18.4 Å². The molecule has 34 heavy (non-hydrogen) atoms. The number of ketones is 1. The number of aliphatic hydroxyl groups is 1. The van der Waals surface area contributed by atoms with Crippen molar-refractivity contribution in [1.29, 1.82) is 0 Å². The summed E-state index contributed by atoms with van der Waals surface area (Å²) < 4.78 is 11.0. The van der Waals surface area contributed by atoms with E-state index in [1.54, 1.807) is 13.0 Å². The highest BCUT2D eigenvalue weighted by Gasteiger charge is 2.44. The smallest absolute Gasteiger partial charge is 0.417 e. The van der Waals surface area contributed by atoms with Crippen LogP contribution in [0.2, 0.25) is 0 Å². The molecule has 7 nitrogen and oxygen atoms in total. The zero-order valence-corrected chi connectivity index (χ0v) is 19.9. The standard InChI is InChI=1S/C27H35NO6/c1-20(26(31)28-23(19-33-27(28)32)21-13-9-8-10-14-21)25-24(30)17-16-22(34-25)15-11-6-4-2-3-5-7-12-18-29/h8-10,13-17,20,23,25,29H,2-7,11-12,18-19H2,1H3/t20-,23+,25-/m1/s1. The van der Waals surface area contributed by atoms with Crippen LogP contribution in [0, 0.1) is 5.92 Å². The summed E-state index contributed by atoms with van der Waals surface area (Å²) in [6, 6.07) is 8.73. The highest BCUT2D eigenvalue weighted by atomic mass is 16.6. The normalized spacial score (nSPS) is 22.1. The summed E-state index contributed by atoms with van der Waals surface area (Å²) in [5.74, 6) is -1.03. The predicted molar refractivity (Wildman–Crippen MR) is 128 cm³/mol. The molecule has 0 unspecified atom stereocenters. The van der Waals surface area contributed by atoms with Crippen molar-refractivity contribution in [2.75, 3.05) is 13.2 Å². The van der Waals surface area contributed by atoms with Gasteiger partial charge in [0, 0.05) is 6.61 Å². The van der Waals surface area contributed by atoms with Crippen LogP contribution in [-0.2, 0) is 19.1 Å². The van der Waals surface area contributed by atoms with E-state index in [0.29, 0.717) is 5.76 Å². The van der Waals surface area contributed by atoms with Gasteiger partial charge >= 0.3 is 6.09 Å². The van der Waals surface area contributed by atoms with E-state index < -0.39 is 30.1 Å². The number of ether oxygens (including phenoxy) is 2.